The highest BCUT2D eigenvalue weighted by atomic mass is 16.5. The van der Waals surface area contributed by atoms with Gasteiger partial charge in [-0.3, -0.25) is 4.79 Å². The maximum absolute atomic E-state index is 12.1. The molecule has 2 aromatic heterocycles. The number of benzene rings is 2. The molecule has 1 N–H and O–H groups in total. The quantitative estimate of drug-likeness (QED) is 0.350. The predicted molar refractivity (Wildman–Crippen MR) is 115 cm³/mol. The highest BCUT2D eigenvalue weighted by Crippen LogP contribution is 2.23. The first-order chi connectivity index (χ1) is 15.2. The average Bonchev–Trinajstić information content (AvgIpc) is 3.49. The second-order valence-corrected chi connectivity index (χ2v) is 6.45. The third-order valence-electron chi connectivity index (χ3n) is 4.34. The number of hydrogen-bond donors (Lipinski definition) is 1. The molecular formula is C23H20N4O4. The number of rotatable bonds is 8. The van der Waals surface area contributed by atoms with Crippen LogP contribution in [0.3, 0.4) is 0 Å². The lowest BCUT2D eigenvalue weighted by molar-refractivity contribution is -0.123. The molecule has 0 aliphatic heterocycles. The van der Waals surface area contributed by atoms with E-state index in [0.29, 0.717) is 28.5 Å². The number of carbonyl (C=O) groups is 1. The third kappa shape index (κ3) is 4.99. The summed E-state index contributed by atoms with van der Waals surface area (Å²) >= 11 is 0. The molecule has 0 aliphatic carbocycles. The van der Waals surface area contributed by atoms with Crippen LogP contribution in [0.1, 0.15) is 5.56 Å². The van der Waals surface area contributed by atoms with Crippen molar-refractivity contribution < 1.29 is 18.7 Å². The van der Waals surface area contributed by atoms with Crippen molar-refractivity contribution in [3.63, 3.8) is 0 Å². The zero-order chi connectivity index (χ0) is 21.5. The summed E-state index contributed by atoms with van der Waals surface area (Å²) in [5.74, 6) is 1.49. The Morgan fingerprint density at radius 1 is 1.10 bits per heavy atom. The van der Waals surface area contributed by atoms with E-state index in [9.17, 15) is 4.79 Å². The molecule has 0 radical (unpaired) electrons. The van der Waals surface area contributed by atoms with E-state index in [1.54, 1.807) is 48.4 Å². The first-order valence-corrected chi connectivity index (χ1v) is 9.50. The molecule has 8 nitrogen and oxygen atoms in total. The normalized spacial score (nSPS) is 10.9. The van der Waals surface area contributed by atoms with Gasteiger partial charge in [0.05, 0.1) is 25.3 Å². The Bertz CT molecular complexity index is 1150. The molecule has 31 heavy (non-hydrogen) atoms. The first-order valence-electron chi connectivity index (χ1n) is 9.50. The number of nitrogens with one attached hydrogen (secondary N) is 1. The predicted octanol–water partition coefficient (Wildman–Crippen LogP) is 3.67. The van der Waals surface area contributed by atoms with E-state index in [1.807, 2.05) is 42.6 Å². The minimum Gasteiger partial charge on any atom is -0.497 e. The number of hydrazone groups is 1. The number of hydrogen-bond acceptors (Lipinski definition) is 6. The van der Waals surface area contributed by atoms with E-state index < -0.39 is 0 Å². The van der Waals surface area contributed by atoms with Gasteiger partial charge in [-0.25, -0.2) is 10.1 Å². The molecule has 8 heteroatoms. The van der Waals surface area contributed by atoms with Crippen LogP contribution in [0.4, 0.5) is 0 Å². The number of nitrogens with zero attached hydrogens (tertiary/aromatic N) is 3. The van der Waals surface area contributed by atoms with E-state index in [2.05, 4.69) is 15.6 Å². The van der Waals surface area contributed by atoms with E-state index in [4.69, 9.17) is 13.9 Å². The minimum absolute atomic E-state index is 0.169. The zero-order valence-corrected chi connectivity index (χ0v) is 16.8. The lowest BCUT2D eigenvalue weighted by Gasteiger charge is -2.05. The summed E-state index contributed by atoms with van der Waals surface area (Å²) < 4.78 is 17.7. The van der Waals surface area contributed by atoms with Crippen LogP contribution >= 0.6 is 0 Å². The summed E-state index contributed by atoms with van der Waals surface area (Å²) in [5.41, 5.74) is 4.66. The highest BCUT2D eigenvalue weighted by Gasteiger charge is 2.13. The van der Waals surface area contributed by atoms with E-state index in [1.165, 1.54) is 6.21 Å². The lowest BCUT2D eigenvalue weighted by atomic mass is 10.2. The average molecular weight is 416 g/mol. The lowest BCUT2D eigenvalue weighted by Crippen LogP contribution is -2.24. The first kappa shape index (κ1) is 20.0. The van der Waals surface area contributed by atoms with Crippen molar-refractivity contribution >= 4 is 12.1 Å². The summed E-state index contributed by atoms with van der Waals surface area (Å²) in [4.78, 5) is 12.1. The van der Waals surface area contributed by atoms with Crippen molar-refractivity contribution in [3.05, 3.63) is 84.8 Å². The second-order valence-electron chi connectivity index (χ2n) is 6.45. The standard InChI is InChI=1S/C23H20N4O4/c1-29-19-9-11-20(12-10-19)31-16-22(28)25-24-14-17-15-27(18-6-3-2-4-7-18)26-23(17)21-8-5-13-30-21/h2-15H,16H2,1H3,(H,25,28)/b24-14-. The van der Waals surface area contributed by atoms with Crippen LogP contribution in [0.25, 0.3) is 17.1 Å². The number of furan rings is 1. The van der Waals surface area contributed by atoms with Gasteiger partial charge >= 0.3 is 0 Å². The number of ether oxygens (including phenoxy) is 2. The molecule has 4 aromatic rings. The van der Waals surface area contributed by atoms with Crippen molar-refractivity contribution in [3.8, 4) is 28.6 Å². The summed E-state index contributed by atoms with van der Waals surface area (Å²) in [6.07, 6.45) is 4.92. The van der Waals surface area contributed by atoms with Crippen LogP contribution in [0.5, 0.6) is 11.5 Å². The van der Waals surface area contributed by atoms with Crippen molar-refractivity contribution in [2.75, 3.05) is 13.7 Å². The van der Waals surface area contributed by atoms with Crippen LogP contribution in [0, 0.1) is 0 Å². The van der Waals surface area contributed by atoms with Crippen molar-refractivity contribution in [2.45, 2.75) is 0 Å². The molecule has 0 saturated carbocycles. The SMILES string of the molecule is COc1ccc(OCC(=O)N/N=C\c2cn(-c3ccccc3)nc2-c2ccco2)cc1. The fraction of sp³-hybridized carbons (Fsp3) is 0.0870. The molecule has 0 aliphatic rings. The van der Waals surface area contributed by atoms with Gasteiger partial charge < -0.3 is 13.9 Å². The summed E-state index contributed by atoms with van der Waals surface area (Å²) in [6.45, 7) is -0.169. The van der Waals surface area contributed by atoms with Gasteiger partial charge in [-0.2, -0.15) is 10.2 Å². The number of carbonyl (C=O) groups excluding carboxylic acids is 1. The van der Waals surface area contributed by atoms with Crippen molar-refractivity contribution in [1.29, 1.82) is 0 Å². The molecule has 0 atom stereocenters. The molecule has 0 fully saturated rings. The molecule has 156 valence electrons. The van der Waals surface area contributed by atoms with Gasteiger partial charge in [0.1, 0.15) is 17.2 Å². The molecule has 0 unspecified atom stereocenters. The summed E-state index contributed by atoms with van der Waals surface area (Å²) in [6, 6.07) is 20.2. The van der Waals surface area contributed by atoms with E-state index >= 15 is 0 Å². The molecule has 0 saturated heterocycles. The van der Waals surface area contributed by atoms with Crippen LogP contribution in [0.2, 0.25) is 0 Å². The molecule has 4 rings (SSSR count). The smallest absolute Gasteiger partial charge is 0.277 e. The van der Waals surface area contributed by atoms with Gasteiger partial charge in [0.2, 0.25) is 0 Å². The topological polar surface area (TPSA) is 90.9 Å². The van der Waals surface area contributed by atoms with Gasteiger partial charge in [-0.1, -0.05) is 18.2 Å². The molecule has 1 amide bonds. The second kappa shape index (κ2) is 9.45. The van der Waals surface area contributed by atoms with E-state index in [-0.39, 0.29) is 12.5 Å². The highest BCUT2D eigenvalue weighted by molar-refractivity contribution is 5.88. The Balaban J connectivity index is 1.42. The Labute approximate surface area is 178 Å². The maximum atomic E-state index is 12.1. The van der Waals surface area contributed by atoms with Gasteiger partial charge in [0, 0.05) is 11.8 Å². The number of para-hydroxylation sites is 1. The van der Waals surface area contributed by atoms with Crippen LogP contribution in [-0.4, -0.2) is 35.6 Å². The van der Waals surface area contributed by atoms with Gasteiger partial charge in [-0.15, -0.1) is 0 Å². The van der Waals surface area contributed by atoms with Gasteiger partial charge in [0.25, 0.3) is 5.91 Å². The molecule has 2 heterocycles. The molecule has 0 bridgehead atoms. The zero-order valence-electron chi connectivity index (χ0n) is 16.8. The van der Waals surface area contributed by atoms with E-state index in [0.717, 1.165) is 5.69 Å². The Morgan fingerprint density at radius 2 is 1.87 bits per heavy atom. The Kier molecular flexibility index (Phi) is 6.08. The van der Waals surface area contributed by atoms with Crippen LogP contribution < -0.4 is 14.9 Å². The molecule has 2 aromatic carbocycles. The van der Waals surface area contributed by atoms with Crippen molar-refractivity contribution in [1.82, 2.24) is 15.2 Å². The minimum atomic E-state index is -0.387. The Morgan fingerprint density at radius 3 is 2.58 bits per heavy atom. The third-order valence-corrected chi connectivity index (χ3v) is 4.34. The van der Waals surface area contributed by atoms with Crippen LogP contribution in [-0.2, 0) is 4.79 Å². The van der Waals surface area contributed by atoms with Gasteiger partial charge in [0.15, 0.2) is 12.4 Å². The summed E-state index contributed by atoms with van der Waals surface area (Å²) in [5, 5.41) is 8.63. The van der Waals surface area contributed by atoms with Gasteiger partial charge in [-0.05, 0) is 48.5 Å². The largest absolute Gasteiger partial charge is 0.497 e. The molecule has 0 spiro atoms. The number of methoxy groups -OCH3 is 1. The fourth-order valence-corrected chi connectivity index (χ4v) is 2.83. The van der Waals surface area contributed by atoms with Crippen LogP contribution in [0.15, 0.2) is 88.7 Å². The maximum Gasteiger partial charge on any atom is 0.277 e. The molecular weight excluding hydrogens is 396 g/mol. The summed E-state index contributed by atoms with van der Waals surface area (Å²) in [7, 11) is 1.59. The van der Waals surface area contributed by atoms with Crippen molar-refractivity contribution in [2.24, 2.45) is 5.10 Å². The number of amides is 1. The Hall–Kier alpha value is -4.33. The number of aromatic nitrogens is 2. The fourth-order valence-electron chi connectivity index (χ4n) is 2.83. The monoisotopic (exact) mass is 416 g/mol.